The van der Waals surface area contributed by atoms with Crippen LogP contribution in [0.5, 0.6) is 11.5 Å². The molecule has 38 heavy (non-hydrogen) atoms. The van der Waals surface area contributed by atoms with Crippen LogP contribution < -0.4 is 14.4 Å². The van der Waals surface area contributed by atoms with Gasteiger partial charge in [-0.3, -0.25) is 14.3 Å². The molecule has 0 bridgehead atoms. The van der Waals surface area contributed by atoms with Crippen molar-refractivity contribution in [2.24, 2.45) is 0 Å². The third kappa shape index (κ3) is 5.28. The normalized spacial score (nSPS) is 13.4. The molecule has 2 aromatic carbocycles. The molecule has 9 nitrogen and oxygen atoms in total. The van der Waals surface area contributed by atoms with E-state index >= 15 is 0 Å². The Hall–Kier alpha value is -4.12. The number of pyridine rings is 1. The molecule has 2 aromatic heterocycles. The van der Waals surface area contributed by atoms with E-state index in [2.05, 4.69) is 15.2 Å². The third-order valence-corrected chi connectivity index (χ3v) is 7.26. The molecule has 1 amide bonds. The molecule has 0 unspecified atom stereocenters. The quantitative estimate of drug-likeness (QED) is 0.315. The first-order valence-electron chi connectivity index (χ1n) is 12.1. The number of hydrogen-bond donors (Lipinski definition) is 0. The Kier molecular flexibility index (Phi) is 7.73. The van der Waals surface area contributed by atoms with Gasteiger partial charge in [-0.2, -0.15) is 0 Å². The molecule has 0 atom stereocenters. The van der Waals surface area contributed by atoms with Gasteiger partial charge in [0, 0.05) is 50.2 Å². The average molecular weight is 535 g/mol. The number of ether oxygens (including phenoxy) is 2. The Balaban J connectivity index is 1.35. The summed E-state index contributed by atoms with van der Waals surface area (Å²) in [6.45, 7) is 2.18. The lowest BCUT2D eigenvalue weighted by Crippen LogP contribution is -2.49. The summed E-state index contributed by atoms with van der Waals surface area (Å²) >= 11 is 1.30. The van der Waals surface area contributed by atoms with Gasteiger partial charge in [0.05, 0.1) is 31.3 Å². The van der Waals surface area contributed by atoms with Crippen molar-refractivity contribution in [3.8, 4) is 28.6 Å². The van der Waals surface area contributed by atoms with Crippen molar-refractivity contribution in [2.45, 2.75) is 5.16 Å². The summed E-state index contributed by atoms with van der Waals surface area (Å²) in [5.74, 6) is 1.77. The fourth-order valence-electron chi connectivity index (χ4n) is 4.36. The SMILES string of the molecule is COc1ccc(OC)c(-n2c(SCC(=O)N3CCN(c4ccccc4F)CC3)nnc2-c2ccncc2)c1. The Bertz CT molecular complexity index is 1410. The van der Waals surface area contributed by atoms with E-state index in [1.165, 1.54) is 17.8 Å². The molecular weight excluding hydrogens is 507 g/mol. The predicted octanol–water partition coefficient (Wildman–Crippen LogP) is 3.93. The van der Waals surface area contributed by atoms with E-state index in [1.807, 2.05) is 45.9 Å². The molecule has 5 rings (SSSR count). The van der Waals surface area contributed by atoms with Gasteiger partial charge in [0.15, 0.2) is 11.0 Å². The number of aromatic nitrogens is 4. The summed E-state index contributed by atoms with van der Waals surface area (Å²) in [6, 6.07) is 15.9. The van der Waals surface area contributed by atoms with E-state index < -0.39 is 0 Å². The van der Waals surface area contributed by atoms with Gasteiger partial charge in [0.25, 0.3) is 0 Å². The van der Waals surface area contributed by atoms with Crippen LogP contribution in [0.15, 0.2) is 72.1 Å². The van der Waals surface area contributed by atoms with Crippen LogP contribution in [-0.4, -0.2) is 76.7 Å². The maximum absolute atomic E-state index is 14.2. The van der Waals surface area contributed by atoms with Gasteiger partial charge in [-0.1, -0.05) is 23.9 Å². The highest BCUT2D eigenvalue weighted by molar-refractivity contribution is 7.99. The number of benzene rings is 2. The minimum Gasteiger partial charge on any atom is -0.497 e. The molecule has 0 saturated carbocycles. The Morgan fingerprint density at radius 3 is 2.42 bits per heavy atom. The molecule has 1 aliphatic rings. The molecule has 196 valence electrons. The number of thioether (sulfide) groups is 1. The standard InChI is InChI=1S/C27H27FN6O3S/c1-36-20-7-8-24(37-2)23(17-20)34-26(19-9-11-29-12-10-19)30-31-27(34)38-18-25(35)33-15-13-32(14-16-33)22-6-4-3-5-21(22)28/h3-12,17H,13-16,18H2,1-2H3. The first-order chi connectivity index (χ1) is 18.6. The molecular formula is C27H27FN6O3S. The number of carbonyl (C=O) groups excluding carboxylic acids is 1. The van der Waals surface area contributed by atoms with Crippen molar-refractivity contribution in [1.82, 2.24) is 24.6 Å². The van der Waals surface area contributed by atoms with Crippen LogP contribution in [0.4, 0.5) is 10.1 Å². The molecule has 0 radical (unpaired) electrons. The molecule has 1 saturated heterocycles. The van der Waals surface area contributed by atoms with Crippen LogP contribution in [0.2, 0.25) is 0 Å². The first-order valence-corrected chi connectivity index (χ1v) is 13.1. The van der Waals surface area contributed by atoms with Crippen LogP contribution >= 0.6 is 11.8 Å². The van der Waals surface area contributed by atoms with Gasteiger partial charge in [-0.25, -0.2) is 4.39 Å². The van der Waals surface area contributed by atoms with Crippen molar-refractivity contribution >= 4 is 23.4 Å². The smallest absolute Gasteiger partial charge is 0.233 e. The van der Waals surface area contributed by atoms with Gasteiger partial charge in [0.2, 0.25) is 5.91 Å². The van der Waals surface area contributed by atoms with E-state index in [9.17, 15) is 9.18 Å². The van der Waals surface area contributed by atoms with E-state index in [0.29, 0.717) is 60.0 Å². The van der Waals surface area contributed by atoms with Gasteiger partial charge in [-0.15, -0.1) is 10.2 Å². The number of amides is 1. The van der Waals surface area contributed by atoms with Gasteiger partial charge < -0.3 is 19.3 Å². The van der Waals surface area contributed by atoms with Gasteiger partial charge in [0.1, 0.15) is 17.3 Å². The van der Waals surface area contributed by atoms with Crippen molar-refractivity contribution in [2.75, 3.05) is 51.1 Å². The number of para-hydroxylation sites is 1. The summed E-state index contributed by atoms with van der Waals surface area (Å²) in [4.78, 5) is 21.0. The Morgan fingerprint density at radius 1 is 0.947 bits per heavy atom. The zero-order valence-corrected chi connectivity index (χ0v) is 21.9. The number of anilines is 1. The predicted molar refractivity (Wildman–Crippen MR) is 144 cm³/mol. The van der Waals surface area contributed by atoms with E-state index in [-0.39, 0.29) is 17.5 Å². The monoisotopic (exact) mass is 534 g/mol. The summed E-state index contributed by atoms with van der Waals surface area (Å²) in [6.07, 6.45) is 3.38. The Morgan fingerprint density at radius 2 is 1.71 bits per heavy atom. The lowest BCUT2D eigenvalue weighted by Gasteiger charge is -2.36. The number of hydrogen-bond acceptors (Lipinski definition) is 8. The van der Waals surface area contributed by atoms with Crippen LogP contribution in [0.3, 0.4) is 0 Å². The summed E-state index contributed by atoms with van der Waals surface area (Å²) < 4.78 is 27.1. The number of methoxy groups -OCH3 is 2. The molecule has 0 aliphatic carbocycles. The van der Waals surface area contributed by atoms with Crippen molar-refractivity contribution in [3.63, 3.8) is 0 Å². The number of halogens is 1. The molecule has 0 spiro atoms. The van der Waals surface area contributed by atoms with Crippen molar-refractivity contribution in [1.29, 1.82) is 0 Å². The summed E-state index contributed by atoms with van der Waals surface area (Å²) in [5, 5.41) is 9.40. The van der Waals surface area contributed by atoms with Gasteiger partial charge >= 0.3 is 0 Å². The maximum atomic E-state index is 14.2. The third-order valence-electron chi connectivity index (χ3n) is 6.35. The average Bonchev–Trinajstić information content (AvgIpc) is 3.40. The number of carbonyl (C=O) groups is 1. The molecule has 1 aliphatic heterocycles. The van der Waals surface area contributed by atoms with Crippen LogP contribution in [0.25, 0.3) is 17.1 Å². The number of rotatable bonds is 8. The highest BCUT2D eigenvalue weighted by Gasteiger charge is 2.25. The lowest BCUT2D eigenvalue weighted by atomic mass is 10.2. The first kappa shape index (κ1) is 25.5. The second-order valence-corrected chi connectivity index (χ2v) is 9.47. The zero-order chi connectivity index (χ0) is 26.5. The highest BCUT2D eigenvalue weighted by atomic mass is 32.2. The summed E-state index contributed by atoms with van der Waals surface area (Å²) in [5.41, 5.74) is 2.08. The molecule has 3 heterocycles. The van der Waals surface area contributed by atoms with E-state index in [1.54, 1.807) is 43.6 Å². The van der Waals surface area contributed by atoms with Crippen molar-refractivity contribution in [3.05, 3.63) is 72.8 Å². The van der Waals surface area contributed by atoms with E-state index in [0.717, 1.165) is 5.56 Å². The zero-order valence-electron chi connectivity index (χ0n) is 21.1. The molecule has 1 fully saturated rings. The fraction of sp³-hybridized carbons (Fsp3) is 0.259. The van der Waals surface area contributed by atoms with Crippen LogP contribution in [0.1, 0.15) is 0 Å². The minimum absolute atomic E-state index is 0.0131. The number of nitrogens with zero attached hydrogens (tertiary/aromatic N) is 6. The Labute approximate surface area is 224 Å². The topological polar surface area (TPSA) is 85.6 Å². The fourth-order valence-corrected chi connectivity index (χ4v) is 5.21. The molecule has 0 N–H and O–H groups in total. The summed E-state index contributed by atoms with van der Waals surface area (Å²) in [7, 11) is 3.20. The number of piperazine rings is 1. The molecule has 11 heteroatoms. The molecule has 4 aromatic rings. The van der Waals surface area contributed by atoms with Crippen LogP contribution in [0, 0.1) is 5.82 Å². The second kappa shape index (κ2) is 11.5. The maximum Gasteiger partial charge on any atom is 0.233 e. The second-order valence-electron chi connectivity index (χ2n) is 8.52. The van der Waals surface area contributed by atoms with E-state index in [4.69, 9.17) is 9.47 Å². The lowest BCUT2D eigenvalue weighted by molar-refractivity contribution is -0.128. The minimum atomic E-state index is -0.250. The van der Waals surface area contributed by atoms with Crippen LogP contribution in [-0.2, 0) is 4.79 Å². The van der Waals surface area contributed by atoms with Gasteiger partial charge in [-0.05, 0) is 36.4 Å². The van der Waals surface area contributed by atoms with Crippen molar-refractivity contribution < 1.29 is 18.7 Å². The highest BCUT2D eigenvalue weighted by Crippen LogP contribution is 2.35. The largest absolute Gasteiger partial charge is 0.497 e.